The van der Waals surface area contributed by atoms with Gasteiger partial charge in [0, 0.05) is 29.3 Å². The predicted molar refractivity (Wildman–Crippen MR) is 197 cm³/mol. The van der Waals surface area contributed by atoms with E-state index in [4.69, 9.17) is 14.8 Å². The average molecular weight is 985 g/mol. The second-order valence-corrected chi connectivity index (χ2v) is 11.9. The molecule has 0 aliphatic carbocycles. The van der Waals surface area contributed by atoms with Crippen LogP contribution in [0, 0.1) is 17.5 Å². The van der Waals surface area contributed by atoms with Crippen molar-refractivity contribution in [3.8, 4) is 34.0 Å². The van der Waals surface area contributed by atoms with Gasteiger partial charge >= 0.3 is 55.2 Å². The molecule has 0 fully saturated rings. The minimum absolute atomic E-state index is 0. The number of aromatic nitrogens is 6. The number of hydrogen-bond acceptors (Lipinski definition) is 11. The summed E-state index contributed by atoms with van der Waals surface area (Å²) in [6.07, 6.45) is -13.8. The summed E-state index contributed by atoms with van der Waals surface area (Å²) in [5.74, 6) is -1.43. The number of rotatable bonds is 5. The van der Waals surface area contributed by atoms with E-state index in [1.54, 1.807) is 5.10 Å². The van der Waals surface area contributed by atoms with E-state index in [2.05, 4.69) is 46.2 Å². The maximum absolute atomic E-state index is 12.8. The summed E-state index contributed by atoms with van der Waals surface area (Å²) in [6.45, 7) is 0. The Bertz CT molecular complexity index is 2380. The van der Waals surface area contributed by atoms with Crippen LogP contribution in [0.15, 0.2) is 100 Å². The zero-order chi connectivity index (χ0) is 45.0. The normalized spacial score (nSPS) is 10.6. The fraction of sp³-hybridized carbons (Fsp3) is 0.143. The first-order valence-corrected chi connectivity index (χ1v) is 16.7. The second kappa shape index (κ2) is 25.2. The van der Waals surface area contributed by atoms with Crippen LogP contribution in [0.1, 0.15) is 17.1 Å². The van der Waals surface area contributed by atoms with Crippen LogP contribution in [0.25, 0.3) is 22.5 Å². The quantitative estimate of drug-likeness (QED) is 0.167. The molecule has 0 atom stereocenters. The minimum atomic E-state index is -4.66. The minimum Gasteiger partial charge on any atom is -0.870 e. The van der Waals surface area contributed by atoms with E-state index in [9.17, 15) is 57.5 Å². The van der Waals surface area contributed by atoms with Crippen LogP contribution in [0.5, 0.6) is 11.5 Å². The van der Waals surface area contributed by atoms with Crippen molar-refractivity contribution in [1.29, 1.82) is 0 Å². The number of halogens is 13. The first-order valence-electron chi connectivity index (χ1n) is 15.9. The van der Waals surface area contributed by atoms with Crippen molar-refractivity contribution < 1.29 is 113 Å². The van der Waals surface area contributed by atoms with Crippen LogP contribution in [0.2, 0.25) is 0 Å². The molecule has 3 aromatic heterocycles. The molecule has 0 spiro atoms. The number of alkyl halides is 9. The number of aromatic amines is 1. The summed E-state index contributed by atoms with van der Waals surface area (Å²) < 4.78 is 158. The third kappa shape index (κ3) is 17.9. The van der Waals surface area contributed by atoms with Crippen LogP contribution in [0.3, 0.4) is 0 Å². The van der Waals surface area contributed by atoms with Crippen LogP contribution in [0.4, 0.5) is 52.7 Å². The topological polar surface area (TPSA) is 218 Å². The van der Waals surface area contributed by atoms with Gasteiger partial charge in [0.2, 0.25) is 5.43 Å². The van der Waals surface area contributed by atoms with Gasteiger partial charge in [0.25, 0.3) is 0 Å². The Labute approximate surface area is 377 Å². The molecule has 3 heterocycles. The first kappa shape index (κ1) is 57.8. The molecule has 3 aromatic carbocycles. The molecule has 0 unspecified atom stereocenters. The Morgan fingerprint density at radius 2 is 1.00 bits per heavy atom. The molecule has 0 saturated carbocycles. The van der Waals surface area contributed by atoms with Crippen LogP contribution in [-0.2, 0) is 18.5 Å². The number of methoxy groups -OCH3 is 2. The number of nitrogens with one attached hydrogen (secondary N) is 1. The smallest absolute Gasteiger partial charge is 0.870 e. The largest absolute Gasteiger partial charge is 1.00 e. The van der Waals surface area contributed by atoms with E-state index in [-0.39, 0.29) is 79.4 Å². The third-order valence-electron chi connectivity index (χ3n) is 7.00. The molecule has 0 bridgehead atoms. The van der Waals surface area contributed by atoms with Gasteiger partial charge in [-0.05, 0) is 82.1 Å². The Morgan fingerprint density at radius 3 is 1.38 bits per heavy atom. The van der Waals surface area contributed by atoms with E-state index in [0.29, 0.717) is 17.1 Å². The molecular weight excluding hydrogens is 958 g/mol. The van der Waals surface area contributed by atoms with Gasteiger partial charge in [-0.1, -0.05) is 12.1 Å². The molecule has 0 radical (unpaired) electrons. The average Bonchev–Trinajstić information content (AvgIpc) is 3.18. The molecule has 6 N–H and O–H groups in total. The Balaban J connectivity index is 0.000000822. The molecule has 6 rings (SSSR count). The van der Waals surface area contributed by atoms with Crippen LogP contribution >= 0.6 is 15.9 Å². The Hall–Kier alpha value is -5.16. The zero-order valence-electron chi connectivity index (χ0n) is 32.0. The summed E-state index contributed by atoms with van der Waals surface area (Å²) >= 11 is 2.89. The maximum Gasteiger partial charge on any atom is 1.00 e. The van der Waals surface area contributed by atoms with Crippen molar-refractivity contribution in [3.63, 3.8) is 0 Å². The molecule has 13 nitrogen and oxygen atoms in total. The second-order valence-electron chi connectivity index (χ2n) is 11.2. The monoisotopic (exact) mass is 984 g/mol. The van der Waals surface area contributed by atoms with Crippen molar-refractivity contribution in [1.82, 2.24) is 30.6 Å². The Kier molecular flexibility index (Phi) is 23.2. The first-order chi connectivity index (χ1) is 27.9. The molecule has 28 heteroatoms. The van der Waals surface area contributed by atoms with Crippen molar-refractivity contribution in [2.75, 3.05) is 14.2 Å². The molecular formula is C35H27BBrF12N6NaO7. The Morgan fingerprint density at radius 1 is 0.603 bits per heavy atom. The number of ether oxygens (including phenoxy) is 2. The zero-order valence-corrected chi connectivity index (χ0v) is 35.5. The van der Waals surface area contributed by atoms with Gasteiger partial charge in [-0.3, -0.25) is 9.89 Å². The van der Waals surface area contributed by atoms with Gasteiger partial charge in [0.05, 0.1) is 14.2 Å². The molecule has 0 saturated heterocycles. The summed E-state index contributed by atoms with van der Waals surface area (Å²) in [5.41, 5.74) is -3.44. The predicted octanol–water partition coefficient (Wildman–Crippen LogP) is 3.68. The van der Waals surface area contributed by atoms with Gasteiger partial charge in [-0.15, -0.1) is 20.4 Å². The number of H-pyrrole nitrogens is 1. The molecule has 334 valence electrons. The van der Waals surface area contributed by atoms with Crippen LogP contribution < -0.4 is 49.9 Å². The van der Waals surface area contributed by atoms with Gasteiger partial charge in [0.1, 0.15) is 40.3 Å². The molecule has 0 aliphatic heterocycles. The fourth-order valence-corrected chi connectivity index (χ4v) is 4.47. The van der Waals surface area contributed by atoms with Gasteiger partial charge in [-0.25, -0.2) is 13.2 Å². The van der Waals surface area contributed by atoms with E-state index < -0.39 is 59.8 Å². The number of hydrogen-bond donors (Lipinski definition) is 3. The van der Waals surface area contributed by atoms with Crippen molar-refractivity contribution in [3.05, 3.63) is 140 Å². The molecule has 0 aliphatic rings. The van der Waals surface area contributed by atoms with Crippen molar-refractivity contribution in [2.45, 2.75) is 18.5 Å². The molecule has 0 amide bonds. The fourth-order valence-electron chi connectivity index (χ4n) is 4.12. The summed E-state index contributed by atoms with van der Waals surface area (Å²) in [7, 11) is 0.965. The number of nitrogens with zero attached hydrogens (tertiary/aromatic N) is 5. The van der Waals surface area contributed by atoms with Gasteiger partial charge < -0.3 is 30.5 Å². The van der Waals surface area contributed by atoms with Crippen molar-refractivity contribution >= 4 is 28.5 Å². The number of benzene rings is 3. The van der Waals surface area contributed by atoms with E-state index in [1.807, 2.05) is 0 Å². The van der Waals surface area contributed by atoms with Gasteiger partial charge in [-0.2, -0.15) is 44.6 Å². The maximum atomic E-state index is 12.8. The summed E-state index contributed by atoms with van der Waals surface area (Å²) in [4.78, 5) is 11.5. The van der Waals surface area contributed by atoms with Crippen LogP contribution in [-0.4, -0.2) is 72.9 Å². The summed E-state index contributed by atoms with van der Waals surface area (Å²) in [5, 5.41) is 35.0. The molecule has 6 aromatic rings. The van der Waals surface area contributed by atoms with Crippen molar-refractivity contribution in [2.24, 2.45) is 0 Å². The summed E-state index contributed by atoms with van der Waals surface area (Å²) in [6, 6.07) is 16.8. The van der Waals surface area contributed by atoms with E-state index in [1.165, 1.54) is 74.9 Å². The van der Waals surface area contributed by atoms with E-state index >= 15 is 0 Å². The standard InChI is InChI=1S/C12H8F4N2O.C11H6F4N2O.C6H6BFO2.C6H4BrF3N2O.Na.2H2O/c1-19-9-6-10(12(14,15)16)17-18-11(9)7-2-4-8(13)5-3-7;12-7-3-1-6(2-4-7)10-8(18)5-9(16-17-10)11(13,14)15;8-6-3-1-5(2-4-6)7(9)10;1-13-3-2-4(6(8,9)10)11-12-5(3)7;;;/h2-6H,1H3;1-5H,(H,16,18);1-4,9-10H;2H,1H3;;2*1H2/q;;;;+1;;/p-1. The molecule has 63 heavy (non-hydrogen) atoms. The third-order valence-corrected chi connectivity index (χ3v) is 7.55. The van der Waals surface area contributed by atoms with E-state index in [0.717, 1.165) is 24.3 Å². The SMILES string of the molecule is COc1cc(C(F)(F)F)nnc1-c1ccc(F)cc1.COc1cc(C(F)(F)F)nnc1Br.O.O=c1cc(C(F)(F)F)[nH]nc1-c1ccc(F)cc1.OB(O)c1ccc(F)cc1.[Na+].[OH-]. The van der Waals surface area contributed by atoms with Gasteiger partial charge in [0.15, 0.2) is 21.7 Å².